The van der Waals surface area contributed by atoms with E-state index in [-0.39, 0.29) is 0 Å². The van der Waals surface area contributed by atoms with Gasteiger partial charge in [0.05, 0.1) is 0 Å². The third kappa shape index (κ3) is 3.08. The van der Waals surface area contributed by atoms with Crippen LogP contribution in [0.25, 0.3) is 54.6 Å². The van der Waals surface area contributed by atoms with Crippen LogP contribution in [0.5, 0.6) is 0 Å². The monoisotopic (exact) mass is 408 g/mol. The van der Waals surface area contributed by atoms with Gasteiger partial charge in [-0.25, -0.2) is 0 Å². The Kier molecular flexibility index (Phi) is 4.51. The van der Waals surface area contributed by atoms with Gasteiger partial charge in [0.15, 0.2) is 0 Å². The minimum Gasteiger partial charge on any atom is -0.0616 e. The van der Waals surface area contributed by atoms with E-state index in [4.69, 9.17) is 0 Å². The fraction of sp³-hybridized carbons (Fsp3) is 0.0625. The van der Waals surface area contributed by atoms with E-state index in [2.05, 4.69) is 122 Å². The van der Waals surface area contributed by atoms with Gasteiger partial charge in [0, 0.05) is 0 Å². The van der Waals surface area contributed by atoms with Gasteiger partial charge in [-0.05, 0) is 78.7 Å². The number of fused-ring (bicyclic) bond motifs is 3. The average Bonchev–Trinajstić information content (AvgIpc) is 2.87. The maximum atomic E-state index is 2.39. The average molecular weight is 409 g/mol. The van der Waals surface area contributed by atoms with Crippen molar-refractivity contribution in [2.45, 2.75) is 13.3 Å². The molecule has 0 bridgehead atoms. The van der Waals surface area contributed by atoms with E-state index in [1.165, 1.54) is 60.1 Å². The summed E-state index contributed by atoms with van der Waals surface area (Å²) in [6.45, 7) is 2.22. The second-order valence-electron chi connectivity index (χ2n) is 8.49. The SMILES string of the molecule is CCc1ccc2c(-c3cccc4ccccc34)cc(-c3cccc4ccccc34)cc2c1. The van der Waals surface area contributed by atoms with Gasteiger partial charge in [-0.3, -0.25) is 0 Å². The lowest BCUT2D eigenvalue weighted by atomic mass is 9.88. The Morgan fingerprint density at radius 1 is 0.438 bits per heavy atom. The molecule has 0 atom stereocenters. The summed E-state index contributed by atoms with van der Waals surface area (Å²) >= 11 is 0. The van der Waals surface area contributed by atoms with Crippen LogP contribution >= 0.6 is 0 Å². The highest BCUT2D eigenvalue weighted by Crippen LogP contribution is 2.39. The van der Waals surface area contributed by atoms with Gasteiger partial charge in [-0.15, -0.1) is 0 Å². The molecule has 6 aromatic rings. The number of rotatable bonds is 3. The Labute approximate surface area is 188 Å². The molecule has 0 nitrogen and oxygen atoms in total. The number of hydrogen-bond acceptors (Lipinski definition) is 0. The first kappa shape index (κ1) is 18.8. The van der Waals surface area contributed by atoms with Crippen molar-refractivity contribution in [3.63, 3.8) is 0 Å². The molecule has 0 N–H and O–H groups in total. The lowest BCUT2D eigenvalue weighted by Crippen LogP contribution is -1.89. The van der Waals surface area contributed by atoms with Crippen molar-refractivity contribution in [2.75, 3.05) is 0 Å². The lowest BCUT2D eigenvalue weighted by Gasteiger charge is -2.15. The predicted molar refractivity (Wildman–Crippen MR) is 139 cm³/mol. The zero-order chi connectivity index (χ0) is 21.5. The number of hydrogen-bond donors (Lipinski definition) is 0. The summed E-state index contributed by atoms with van der Waals surface area (Å²) in [6, 6.07) is 42.3. The predicted octanol–water partition coefficient (Wildman–Crippen LogP) is 9.04. The van der Waals surface area contributed by atoms with E-state index in [0.29, 0.717) is 0 Å². The molecule has 6 aromatic carbocycles. The third-order valence-corrected chi connectivity index (χ3v) is 6.61. The maximum absolute atomic E-state index is 2.39. The molecule has 0 saturated carbocycles. The normalized spacial score (nSPS) is 11.4. The van der Waals surface area contributed by atoms with E-state index in [9.17, 15) is 0 Å². The van der Waals surface area contributed by atoms with Gasteiger partial charge in [0.1, 0.15) is 0 Å². The quantitative estimate of drug-likeness (QED) is 0.274. The van der Waals surface area contributed by atoms with Crippen molar-refractivity contribution in [1.82, 2.24) is 0 Å². The summed E-state index contributed by atoms with van der Waals surface area (Å²) in [5.41, 5.74) is 6.51. The lowest BCUT2D eigenvalue weighted by molar-refractivity contribution is 1.15. The molecule has 0 heteroatoms. The van der Waals surface area contributed by atoms with Crippen LogP contribution in [0.1, 0.15) is 12.5 Å². The summed E-state index contributed by atoms with van der Waals surface area (Å²) in [7, 11) is 0. The van der Waals surface area contributed by atoms with Crippen LogP contribution in [0.4, 0.5) is 0 Å². The van der Waals surface area contributed by atoms with E-state index >= 15 is 0 Å². The van der Waals surface area contributed by atoms with Crippen LogP contribution in [-0.2, 0) is 6.42 Å². The number of aryl methyl sites for hydroxylation is 1. The Morgan fingerprint density at radius 2 is 1.03 bits per heavy atom. The van der Waals surface area contributed by atoms with Gasteiger partial charge < -0.3 is 0 Å². The van der Waals surface area contributed by atoms with Crippen LogP contribution in [0, 0.1) is 0 Å². The van der Waals surface area contributed by atoms with Gasteiger partial charge >= 0.3 is 0 Å². The molecule has 0 aliphatic carbocycles. The molecule has 6 rings (SSSR count). The van der Waals surface area contributed by atoms with Gasteiger partial charge in [0.25, 0.3) is 0 Å². The summed E-state index contributed by atoms with van der Waals surface area (Å²) < 4.78 is 0. The van der Waals surface area contributed by atoms with Crippen molar-refractivity contribution < 1.29 is 0 Å². The van der Waals surface area contributed by atoms with Gasteiger partial charge in [-0.1, -0.05) is 110 Å². The highest BCUT2D eigenvalue weighted by atomic mass is 14.2. The van der Waals surface area contributed by atoms with E-state index < -0.39 is 0 Å². The molecule has 0 aliphatic heterocycles. The van der Waals surface area contributed by atoms with Crippen molar-refractivity contribution in [3.05, 3.63) is 121 Å². The van der Waals surface area contributed by atoms with E-state index in [1.54, 1.807) is 0 Å². The fourth-order valence-electron chi connectivity index (χ4n) is 4.96. The van der Waals surface area contributed by atoms with Crippen molar-refractivity contribution in [1.29, 1.82) is 0 Å². The van der Waals surface area contributed by atoms with Crippen LogP contribution in [0.3, 0.4) is 0 Å². The molecule has 0 radical (unpaired) electrons. The molecule has 0 saturated heterocycles. The van der Waals surface area contributed by atoms with Crippen LogP contribution in [-0.4, -0.2) is 0 Å². The van der Waals surface area contributed by atoms with Gasteiger partial charge in [-0.2, -0.15) is 0 Å². The highest BCUT2D eigenvalue weighted by molar-refractivity contribution is 6.08. The first-order valence-electron chi connectivity index (χ1n) is 11.3. The molecule has 0 fully saturated rings. The molecule has 0 spiro atoms. The van der Waals surface area contributed by atoms with Crippen molar-refractivity contribution in [2.24, 2.45) is 0 Å². The van der Waals surface area contributed by atoms with Crippen LogP contribution in [0.2, 0.25) is 0 Å². The van der Waals surface area contributed by atoms with Gasteiger partial charge in [0.2, 0.25) is 0 Å². The molecular weight excluding hydrogens is 384 g/mol. The molecule has 0 aliphatic rings. The maximum Gasteiger partial charge on any atom is -0.00930 e. The zero-order valence-electron chi connectivity index (χ0n) is 18.2. The second kappa shape index (κ2) is 7.66. The summed E-state index contributed by atoms with van der Waals surface area (Å²) in [4.78, 5) is 0. The summed E-state index contributed by atoms with van der Waals surface area (Å²) in [5.74, 6) is 0. The molecule has 0 aromatic heterocycles. The van der Waals surface area contributed by atoms with Crippen LogP contribution < -0.4 is 0 Å². The molecular formula is C32H24. The third-order valence-electron chi connectivity index (χ3n) is 6.61. The largest absolute Gasteiger partial charge is 0.0616 e. The van der Waals surface area contributed by atoms with E-state index in [1.807, 2.05) is 0 Å². The first-order valence-corrected chi connectivity index (χ1v) is 11.3. The standard InChI is InChI=1S/C32H24/c1-2-22-17-18-30-25(19-22)20-26(29-15-7-11-23-9-3-5-13-27(23)29)21-32(30)31-16-8-12-24-10-4-6-14-28(24)31/h3-21H,2H2,1H3. The highest BCUT2D eigenvalue weighted by Gasteiger charge is 2.12. The Morgan fingerprint density at radius 3 is 1.75 bits per heavy atom. The fourth-order valence-corrected chi connectivity index (χ4v) is 4.96. The molecule has 0 unspecified atom stereocenters. The van der Waals surface area contributed by atoms with E-state index in [0.717, 1.165) is 6.42 Å². The zero-order valence-corrected chi connectivity index (χ0v) is 18.2. The molecule has 32 heavy (non-hydrogen) atoms. The Bertz CT molecular complexity index is 1590. The van der Waals surface area contributed by atoms with Crippen molar-refractivity contribution in [3.8, 4) is 22.3 Å². The summed E-state index contributed by atoms with van der Waals surface area (Å²) in [6.07, 6.45) is 1.04. The summed E-state index contributed by atoms with van der Waals surface area (Å²) in [5, 5.41) is 7.76. The molecule has 152 valence electrons. The Balaban J connectivity index is 1.71. The second-order valence-corrected chi connectivity index (χ2v) is 8.49. The van der Waals surface area contributed by atoms with Crippen LogP contribution in [0.15, 0.2) is 115 Å². The minimum absolute atomic E-state index is 1.04. The molecule has 0 amide bonds. The first-order chi connectivity index (χ1) is 15.8. The topological polar surface area (TPSA) is 0 Å². The Hall–Kier alpha value is -3.90. The smallest absolute Gasteiger partial charge is 0.00930 e. The number of benzene rings is 6. The van der Waals surface area contributed by atoms with Crippen molar-refractivity contribution >= 4 is 32.3 Å². The molecule has 0 heterocycles. The minimum atomic E-state index is 1.04.